The minimum atomic E-state index is -2.55. The summed E-state index contributed by atoms with van der Waals surface area (Å²) in [5.74, 6) is 0.627. The van der Waals surface area contributed by atoms with Crippen molar-refractivity contribution in [3.63, 3.8) is 0 Å². The van der Waals surface area contributed by atoms with Crippen LogP contribution in [0, 0.1) is 0 Å². The standard InChI is InChI=1S/C15H14F2N4O/c1-21-12-7-9(4-5-11(12)14(18)20-21)10-3-2-6-19-15(10)22-8-13(16)17/h2-7,13H,8H2,1H3,(H2,18,20). The van der Waals surface area contributed by atoms with E-state index >= 15 is 0 Å². The van der Waals surface area contributed by atoms with E-state index in [9.17, 15) is 8.78 Å². The van der Waals surface area contributed by atoms with Crippen LogP contribution in [0.5, 0.6) is 5.88 Å². The number of aromatic nitrogens is 3. The van der Waals surface area contributed by atoms with E-state index in [4.69, 9.17) is 10.5 Å². The topological polar surface area (TPSA) is 66.0 Å². The monoisotopic (exact) mass is 304 g/mol. The molecule has 2 heterocycles. The van der Waals surface area contributed by atoms with Gasteiger partial charge in [-0.15, -0.1) is 0 Å². The van der Waals surface area contributed by atoms with Gasteiger partial charge in [-0.3, -0.25) is 4.68 Å². The SMILES string of the molecule is Cn1nc(N)c2ccc(-c3cccnc3OCC(F)F)cc21. The van der Waals surface area contributed by atoms with Gasteiger partial charge in [-0.2, -0.15) is 5.10 Å². The lowest BCUT2D eigenvalue weighted by Crippen LogP contribution is -2.08. The van der Waals surface area contributed by atoms with E-state index in [1.807, 2.05) is 18.2 Å². The third-order valence-corrected chi connectivity index (χ3v) is 3.31. The Morgan fingerprint density at radius 3 is 2.91 bits per heavy atom. The second kappa shape index (κ2) is 5.59. The van der Waals surface area contributed by atoms with Gasteiger partial charge in [0.25, 0.3) is 6.43 Å². The van der Waals surface area contributed by atoms with Gasteiger partial charge in [-0.1, -0.05) is 6.07 Å². The summed E-state index contributed by atoms with van der Waals surface area (Å²) in [6.45, 7) is -0.690. The van der Waals surface area contributed by atoms with E-state index in [0.717, 1.165) is 16.5 Å². The number of nitrogen functional groups attached to an aromatic ring is 1. The number of anilines is 1. The van der Waals surface area contributed by atoms with Crippen LogP contribution in [0.2, 0.25) is 0 Å². The highest BCUT2D eigenvalue weighted by Gasteiger charge is 2.13. The molecule has 1 aromatic carbocycles. The van der Waals surface area contributed by atoms with E-state index in [1.165, 1.54) is 6.20 Å². The van der Waals surface area contributed by atoms with Crippen molar-refractivity contribution in [2.45, 2.75) is 6.43 Å². The first-order valence-corrected chi connectivity index (χ1v) is 6.65. The molecule has 7 heteroatoms. The van der Waals surface area contributed by atoms with Crippen molar-refractivity contribution in [3.05, 3.63) is 36.5 Å². The van der Waals surface area contributed by atoms with Gasteiger partial charge in [0.15, 0.2) is 12.4 Å². The van der Waals surface area contributed by atoms with Crippen LogP contribution in [0.3, 0.4) is 0 Å². The maximum atomic E-state index is 12.3. The highest BCUT2D eigenvalue weighted by molar-refractivity contribution is 5.92. The van der Waals surface area contributed by atoms with Gasteiger partial charge in [0, 0.05) is 24.2 Å². The number of hydrogen-bond acceptors (Lipinski definition) is 4. The fourth-order valence-corrected chi connectivity index (χ4v) is 2.32. The molecule has 2 aromatic heterocycles. The van der Waals surface area contributed by atoms with Gasteiger partial charge in [0.2, 0.25) is 5.88 Å². The number of nitrogens with two attached hydrogens (primary N) is 1. The van der Waals surface area contributed by atoms with Gasteiger partial charge in [-0.05, 0) is 29.8 Å². The lowest BCUT2D eigenvalue weighted by molar-refractivity contribution is 0.0799. The summed E-state index contributed by atoms with van der Waals surface area (Å²) in [5.41, 5.74) is 8.11. The van der Waals surface area contributed by atoms with Crippen LogP contribution in [-0.4, -0.2) is 27.8 Å². The summed E-state index contributed by atoms with van der Waals surface area (Å²) < 4.78 is 31.4. The van der Waals surface area contributed by atoms with Gasteiger partial charge >= 0.3 is 0 Å². The van der Waals surface area contributed by atoms with Gasteiger partial charge < -0.3 is 10.5 Å². The van der Waals surface area contributed by atoms with E-state index in [-0.39, 0.29) is 5.88 Å². The first kappa shape index (κ1) is 14.2. The van der Waals surface area contributed by atoms with Crippen molar-refractivity contribution >= 4 is 16.7 Å². The predicted octanol–water partition coefficient (Wildman–Crippen LogP) is 2.86. The minimum absolute atomic E-state index is 0.178. The summed E-state index contributed by atoms with van der Waals surface area (Å²) in [7, 11) is 1.79. The quantitative estimate of drug-likeness (QED) is 0.805. The minimum Gasteiger partial charge on any atom is -0.471 e. The molecule has 0 amide bonds. The lowest BCUT2D eigenvalue weighted by Gasteiger charge is -2.10. The maximum Gasteiger partial charge on any atom is 0.272 e. The Labute approximate surface area is 125 Å². The Morgan fingerprint density at radius 2 is 2.14 bits per heavy atom. The molecule has 3 rings (SSSR count). The second-order valence-corrected chi connectivity index (χ2v) is 4.80. The molecule has 0 spiro atoms. The van der Waals surface area contributed by atoms with Crippen LogP contribution in [0.25, 0.3) is 22.0 Å². The van der Waals surface area contributed by atoms with Crippen LogP contribution < -0.4 is 10.5 Å². The Hall–Kier alpha value is -2.70. The number of nitrogens with zero attached hydrogens (tertiary/aromatic N) is 3. The molecule has 0 fully saturated rings. The number of benzene rings is 1. The zero-order chi connectivity index (χ0) is 15.7. The number of fused-ring (bicyclic) bond motifs is 1. The first-order valence-electron chi connectivity index (χ1n) is 6.65. The number of pyridine rings is 1. The molecule has 0 bridgehead atoms. The van der Waals surface area contributed by atoms with Crippen LogP contribution >= 0.6 is 0 Å². The summed E-state index contributed by atoms with van der Waals surface area (Å²) in [6, 6.07) is 9.06. The zero-order valence-corrected chi connectivity index (χ0v) is 11.8. The van der Waals surface area contributed by atoms with E-state index in [0.29, 0.717) is 11.4 Å². The molecular weight excluding hydrogens is 290 g/mol. The summed E-state index contributed by atoms with van der Waals surface area (Å²) in [6.07, 6.45) is -1.04. The van der Waals surface area contributed by atoms with Crippen LogP contribution in [-0.2, 0) is 7.05 Å². The number of halogens is 2. The molecule has 0 saturated carbocycles. The molecule has 0 unspecified atom stereocenters. The molecule has 0 saturated heterocycles. The summed E-state index contributed by atoms with van der Waals surface area (Å²) >= 11 is 0. The van der Waals surface area contributed by atoms with Crippen molar-refractivity contribution in [1.29, 1.82) is 0 Å². The smallest absolute Gasteiger partial charge is 0.272 e. The van der Waals surface area contributed by atoms with Crippen molar-refractivity contribution in [2.24, 2.45) is 7.05 Å². The molecule has 0 aliphatic heterocycles. The Morgan fingerprint density at radius 1 is 1.32 bits per heavy atom. The first-order chi connectivity index (χ1) is 10.6. The predicted molar refractivity (Wildman–Crippen MR) is 79.9 cm³/mol. The fraction of sp³-hybridized carbons (Fsp3) is 0.200. The summed E-state index contributed by atoms with van der Waals surface area (Å²) in [4.78, 5) is 4.03. The Bertz CT molecular complexity index is 816. The highest BCUT2D eigenvalue weighted by Crippen LogP contribution is 2.31. The molecule has 5 nitrogen and oxygen atoms in total. The average Bonchev–Trinajstić information content (AvgIpc) is 2.80. The third kappa shape index (κ3) is 2.57. The Balaban J connectivity index is 2.05. The van der Waals surface area contributed by atoms with Crippen LogP contribution in [0.15, 0.2) is 36.5 Å². The molecular formula is C15H14F2N4O. The number of alkyl halides is 2. The lowest BCUT2D eigenvalue weighted by atomic mass is 10.1. The normalized spacial score (nSPS) is 11.3. The highest BCUT2D eigenvalue weighted by atomic mass is 19.3. The van der Waals surface area contributed by atoms with Gasteiger partial charge in [0.05, 0.1) is 5.52 Å². The van der Waals surface area contributed by atoms with Gasteiger partial charge in [-0.25, -0.2) is 13.8 Å². The third-order valence-electron chi connectivity index (χ3n) is 3.31. The molecule has 0 atom stereocenters. The molecule has 0 radical (unpaired) electrons. The average molecular weight is 304 g/mol. The molecule has 2 N–H and O–H groups in total. The van der Waals surface area contributed by atoms with Crippen molar-refractivity contribution in [2.75, 3.05) is 12.3 Å². The van der Waals surface area contributed by atoms with E-state index < -0.39 is 13.0 Å². The molecule has 0 aliphatic carbocycles. The summed E-state index contributed by atoms with van der Waals surface area (Å²) in [5, 5.41) is 4.99. The van der Waals surface area contributed by atoms with Crippen molar-refractivity contribution < 1.29 is 13.5 Å². The number of aryl methyl sites for hydroxylation is 1. The van der Waals surface area contributed by atoms with Crippen molar-refractivity contribution in [3.8, 4) is 17.0 Å². The van der Waals surface area contributed by atoms with E-state index in [1.54, 1.807) is 23.9 Å². The molecule has 3 aromatic rings. The maximum absolute atomic E-state index is 12.3. The molecule has 114 valence electrons. The van der Waals surface area contributed by atoms with E-state index in [2.05, 4.69) is 10.1 Å². The second-order valence-electron chi connectivity index (χ2n) is 4.80. The fourth-order valence-electron chi connectivity index (χ4n) is 2.32. The number of ether oxygens (including phenoxy) is 1. The Kier molecular flexibility index (Phi) is 3.62. The molecule has 22 heavy (non-hydrogen) atoms. The van der Waals surface area contributed by atoms with Crippen LogP contribution in [0.4, 0.5) is 14.6 Å². The number of rotatable bonds is 4. The van der Waals surface area contributed by atoms with Gasteiger partial charge in [0.1, 0.15) is 0 Å². The van der Waals surface area contributed by atoms with Crippen LogP contribution in [0.1, 0.15) is 0 Å². The molecule has 0 aliphatic rings. The zero-order valence-electron chi connectivity index (χ0n) is 11.8. The largest absolute Gasteiger partial charge is 0.471 e. The van der Waals surface area contributed by atoms with Crippen molar-refractivity contribution in [1.82, 2.24) is 14.8 Å². The number of hydrogen-bond donors (Lipinski definition) is 1.